The molecule has 20 heavy (non-hydrogen) atoms. The van der Waals surface area contributed by atoms with Crippen LogP contribution in [-0.2, 0) is 10.3 Å². The highest BCUT2D eigenvalue weighted by Gasteiger charge is 2.45. The van der Waals surface area contributed by atoms with Crippen molar-refractivity contribution in [2.45, 2.75) is 56.7 Å². The van der Waals surface area contributed by atoms with E-state index in [4.69, 9.17) is 4.74 Å². The van der Waals surface area contributed by atoms with Gasteiger partial charge in [-0.15, -0.1) is 0 Å². The lowest BCUT2D eigenvalue weighted by atomic mass is 9.73. The number of hydrogen-bond donors (Lipinski definition) is 1. The minimum atomic E-state index is -0.764. The molecule has 1 aliphatic heterocycles. The molecule has 1 aromatic rings. The average Bonchev–Trinajstić information content (AvgIpc) is 2.87. The van der Waals surface area contributed by atoms with Crippen LogP contribution in [-0.4, -0.2) is 17.3 Å². The second-order valence-corrected chi connectivity index (χ2v) is 7.50. The van der Waals surface area contributed by atoms with Crippen molar-refractivity contribution in [3.8, 4) is 0 Å². The van der Waals surface area contributed by atoms with E-state index in [1.807, 2.05) is 31.2 Å². The molecule has 1 heterocycles. The Hall–Kier alpha value is -0.380. The standard InChI is InChI=1S/C17H23BrO2/c1-16(19,13-4-6-15(18)7-5-13)14-8-11-20-17(12-14)9-2-3-10-17/h4-7,14,19H,2-3,8-12H2,1H3. The summed E-state index contributed by atoms with van der Waals surface area (Å²) >= 11 is 3.46. The van der Waals surface area contributed by atoms with Crippen molar-refractivity contribution < 1.29 is 9.84 Å². The van der Waals surface area contributed by atoms with Crippen molar-refractivity contribution in [2.24, 2.45) is 5.92 Å². The third-order valence-corrected chi connectivity index (χ3v) is 5.76. The quantitative estimate of drug-likeness (QED) is 0.866. The minimum absolute atomic E-state index is 0.0578. The molecule has 1 N–H and O–H groups in total. The van der Waals surface area contributed by atoms with Crippen LogP contribution in [0.15, 0.2) is 28.7 Å². The molecule has 3 heteroatoms. The first-order chi connectivity index (χ1) is 9.52. The Labute approximate surface area is 129 Å². The van der Waals surface area contributed by atoms with Crippen LogP contribution in [0.4, 0.5) is 0 Å². The molecule has 0 aromatic heterocycles. The summed E-state index contributed by atoms with van der Waals surface area (Å²) in [5.74, 6) is 0.288. The molecule has 2 unspecified atom stereocenters. The van der Waals surface area contributed by atoms with Gasteiger partial charge < -0.3 is 9.84 Å². The highest BCUT2D eigenvalue weighted by molar-refractivity contribution is 9.10. The van der Waals surface area contributed by atoms with E-state index in [0.717, 1.165) is 29.5 Å². The minimum Gasteiger partial charge on any atom is -0.385 e. The van der Waals surface area contributed by atoms with E-state index >= 15 is 0 Å². The van der Waals surface area contributed by atoms with Crippen molar-refractivity contribution in [3.05, 3.63) is 34.3 Å². The Kier molecular flexibility index (Phi) is 3.95. The lowest BCUT2D eigenvalue weighted by Gasteiger charge is -2.44. The first-order valence-electron chi connectivity index (χ1n) is 7.64. The smallest absolute Gasteiger partial charge is 0.0898 e. The van der Waals surface area contributed by atoms with E-state index < -0.39 is 5.60 Å². The van der Waals surface area contributed by atoms with Gasteiger partial charge in [0.1, 0.15) is 0 Å². The van der Waals surface area contributed by atoms with Crippen LogP contribution < -0.4 is 0 Å². The van der Waals surface area contributed by atoms with Gasteiger partial charge in [-0.05, 0) is 56.2 Å². The summed E-state index contributed by atoms with van der Waals surface area (Å²) in [6, 6.07) is 8.07. The fourth-order valence-corrected chi connectivity index (χ4v) is 4.16. The molecule has 0 bridgehead atoms. The maximum atomic E-state index is 11.1. The first-order valence-corrected chi connectivity index (χ1v) is 8.44. The lowest BCUT2D eigenvalue weighted by molar-refractivity contribution is -0.138. The van der Waals surface area contributed by atoms with Crippen molar-refractivity contribution in [1.82, 2.24) is 0 Å². The number of aliphatic hydroxyl groups is 1. The van der Waals surface area contributed by atoms with Gasteiger partial charge in [-0.25, -0.2) is 0 Å². The van der Waals surface area contributed by atoms with Gasteiger partial charge in [0.05, 0.1) is 11.2 Å². The molecule has 1 spiro atoms. The van der Waals surface area contributed by atoms with Crippen LogP contribution in [0.5, 0.6) is 0 Å². The van der Waals surface area contributed by atoms with Gasteiger partial charge in [-0.2, -0.15) is 0 Å². The Morgan fingerprint density at radius 1 is 1.25 bits per heavy atom. The third kappa shape index (κ3) is 2.68. The molecule has 2 fully saturated rings. The molecule has 3 rings (SSSR count). The monoisotopic (exact) mass is 338 g/mol. The molecular weight excluding hydrogens is 316 g/mol. The van der Waals surface area contributed by atoms with Gasteiger partial charge in [0.15, 0.2) is 0 Å². The number of benzene rings is 1. The summed E-state index contributed by atoms with van der Waals surface area (Å²) < 4.78 is 7.14. The summed E-state index contributed by atoms with van der Waals surface area (Å²) in [4.78, 5) is 0. The number of halogens is 1. The molecule has 2 aliphatic rings. The summed E-state index contributed by atoms with van der Waals surface area (Å²) in [6.45, 7) is 2.76. The molecule has 1 saturated heterocycles. The third-order valence-electron chi connectivity index (χ3n) is 5.23. The molecule has 1 aliphatic carbocycles. The van der Waals surface area contributed by atoms with E-state index in [2.05, 4.69) is 15.9 Å². The predicted octanol–water partition coefficient (Wildman–Crippen LogP) is 4.40. The molecule has 2 atom stereocenters. The van der Waals surface area contributed by atoms with E-state index in [1.54, 1.807) is 0 Å². The zero-order valence-electron chi connectivity index (χ0n) is 12.1. The number of rotatable bonds is 2. The molecule has 1 saturated carbocycles. The van der Waals surface area contributed by atoms with Gasteiger partial charge >= 0.3 is 0 Å². The van der Waals surface area contributed by atoms with Crippen molar-refractivity contribution >= 4 is 15.9 Å². The zero-order chi connectivity index (χ0) is 14.2. The van der Waals surface area contributed by atoms with E-state index in [1.165, 1.54) is 25.7 Å². The molecule has 0 amide bonds. The molecule has 0 radical (unpaired) electrons. The van der Waals surface area contributed by atoms with Crippen LogP contribution in [0.2, 0.25) is 0 Å². The van der Waals surface area contributed by atoms with E-state index in [0.29, 0.717) is 0 Å². The van der Waals surface area contributed by atoms with Gasteiger partial charge in [0.25, 0.3) is 0 Å². The van der Waals surface area contributed by atoms with Crippen molar-refractivity contribution in [1.29, 1.82) is 0 Å². The molecular formula is C17H23BrO2. The second kappa shape index (κ2) is 5.43. The van der Waals surface area contributed by atoms with Gasteiger partial charge in [0.2, 0.25) is 0 Å². The Balaban J connectivity index is 1.81. The van der Waals surface area contributed by atoms with Crippen molar-refractivity contribution in [2.75, 3.05) is 6.61 Å². The zero-order valence-corrected chi connectivity index (χ0v) is 13.7. The van der Waals surface area contributed by atoms with E-state index in [-0.39, 0.29) is 11.5 Å². The van der Waals surface area contributed by atoms with Gasteiger partial charge in [-0.1, -0.05) is 40.9 Å². The van der Waals surface area contributed by atoms with Crippen LogP contribution >= 0.6 is 15.9 Å². The largest absolute Gasteiger partial charge is 0.385 e. The normalized spacial score (nSPS) is 28.4. The van der Waals surface area contributed by atoms with E-state index in [9.17, 15) is 5.11 Å². The first kappa shape index (κ1) is 14.6. The highest BCUT2D eigenvalue weighted by Crippen LogP contribution is 2.47. The molecule has 110 valence electrons. The SMILES string of the molecule is CC(O)(c1ccc(Br)cc1)C1CCOC2(CCCC2)C1. The summed E-state index contributed by atoms with van der Waals surface area (Å²) in [6.07, 6.45) is 6.82. The van der Waals surface area contributed by atoms with Crippen LogP contribution in [0.3, 0.4) is 0 Å². The Bertz CT molecular complexity index is 460. The topological polar surface area (TPSA) is 29.5 Å². The van der Waals surface area contributed by atoms with Crippen LogP contribution in [0.1, 0.15) is 51.0 Å². The second-order valence-electron chi connectivity index (χ2n) is 6.58. The highest BCUT2D eigenvalue weighted by atomic mass is 79.9. The van der Waals surface area contributed by atoms with Crippen LogP contribution in [0.25, 0.3) is 0 Å². The number of ether oxygens (including phenoxy) is 1. The Morgan fingerprint density at radius 3 is 2.55 bits per heavy atom. The predicted molar refractivity (Wildman–Crippen MR) is 83.6 cm³/mol. The lowest BCUT2D eigenvalue weighted by Crippen LogP contribution is -2.44. The van der Waals surface area contributed by atoms with Crippen molar-refractivity contribution in [3.63, 3.8) is 0 Å². The maximum Gasteiger partial charge on any atom is 0.0898 e. The van der Waals surface area contributed by atoms with Crippen LogP contribution in [0, 0.1) is 5.92 Å². The fraction of sp³-hybridized carbons (Fsp3) is 0.647. The number of hydrogen-bond acceptors (Lipinski definition) is 2. The summed E-state index contributed by atoms with van der Waals surface area (Å²) in [5, 5.41) is 11.1. The average molecular weight is 339 g/mol. The maximum absolute atomic E-state index is 11.1. The van der Waals surface area contributed by atoms with Gasteiger partial charge in [0, 0.05) is 11.1 Å². The summed E-state index contributed by atoms with van der Waals surface area (Å²) in [5.41, 5.74) is 0.309. The molecule has 1 aromatic carbocycles. The molecule has 2 nitrogen and oxygen atoms in total. The fourth-order valence-electron chi connectivity index (χ4n) is 3.90. The Morgan fingerprint density at radius 2 is 1.90 bits per heavy atom. The van der Waals surface area contributed by atoms with Gasteiger partial charge in [-0.3, -0.25) is 0 Å². The summed E-state index contributed by atoms with van der Waals surface area (Å²) in [7, 11) is 0.